The molecule has 0 bridgehead atoms. The monoisotopic (exact) mass is 190 g/mol. The van der Waals surface area contributed by atoms with Gasteiger partial charge in [0.1, 0.15) is 0 Å². The fraction of sp³-hybridized carbons (Fsp3) is 0. The molecule has 0 atom stereocenters. The highest BCUT2D eigenvalue weighted by Gasteiger charge is 2.06. The topological polar surface area (TPSA) is 72.2 Å². The van der Waals surface area contributed by atoms with E-state index in [1.807, 2.05) is 5.92 Å². The minimum Gasteiger partial charge on any atom is -0.315 e. The molecule has 70 valence electrons. The molecule has 1 aromatic rings. The van der Waals surface area contributed by atoms with E-state index in [0.717, 1.165) is 0 Å². The Labute approximate surface area is 79.9 Å². The van der Waals surface area contributed by atoms with Crippen molar-refractivity contribution >= 4 is 17.3 Å². The molecule has 5 nitrogen and oxygen atoms in total. The SMILES string of the molecule is C#CC(=O)Nc1cccc([N+](=O)[O-])c1. The largest absolute Gasteiger partial charge is 0.315 e. The number of carbonyl (C=O) groups excluding carboxylic acids is 1. The summed E-state index contributed by atoms with van der Waals surface area (Å²) in [6, 6.07) is 5.53. The van der Waals surface area contributed by atoms with Crippen molar-refractivity contribution in [3.8, 4) is 12.3 Å². The molecule has 1 N–H and O–H groups in total. The molecule has 0 spiro atoms. The Bertz CT molecular complexity index is 420. The van der Waals surface area contributed by atoms with Crippen molar-refractivity contribution in [2.45, 2.75) is 0 Å². The van der Waals surface area contributed by atoms with E-state index in [-0.39, 0.29) is 5.69 Å². The smallest absolute Gasteiger partial charge is 0.300 e. The third-order valence-corrected chi connectivity index (χ3v) is 1.45. The number of nitro groups is 1. The third kappa shape index (κ3) is 2.32. The van der Waals surface area contributed by atoms with Crippen LogP contribution in [0.25, 0.3) is 0 Å². The molecule has 0 radical (unpaired) electrons. The first kappa shape index (κ1) is 9.74. The third-order valence-electron chi connectivity index (χ3n) is 1.45. The lowest BCUT2D eigenvalue weighted by Crippen LogP contribution is -2.07. The molecule has 14 heavy (non-hydrogen) atoms. The lowest BCUT2D eigenvalue weighted by atomic mass is 10.3. The molecule has 1 aromatic carbocycles. The van der Waals surface area contributed by atoms with E-state index in [1.165, 1.54) is 24.3 Å². The molecular formula is C9H6N2O3. The first-order chi connectivity index (χ1) is 6.63. The van der Waals surface area contributed by atoms with E-state index in [2.05, 4.69) is 5.32 Å². The van der Waals surface area contributed by atoms with Gasteiger partial charge in [-0.05, 0) is 12.0 Å². The average molecular weight is 190 g/mol. The van der Waals surface area contributed by atoms with Crippen LogP contribution < -0.4 is 5.32 Å². The summed E-state index contributed by atoms with van der Waals surface area (Å²) < 4.78 is 0. The fourth-order valence-corrected chi connectivity index (χ4v) is 0.864. The number of carbonyl (C=O) groups is 1. The number of amides is 1. The molecule has 0 aliphatic rings. The maximum Gasteiger partial charge on any atom is 0.300 e. The summed E-state index contributed by atoms with van der Waals surface area (Å²) >= 11 is 0. The van der Waals surface area contributed by atoms with Gasteiger partial charge in [0.2, 0.25) is 0 Å². The summed E-state index contributed by atoms with van der Waals surface area (Å²) in [6.45, 7) is 0. The Morgan fingerprint density at radius 1 is 1.57 bits per heavy atom. The normalized spacial score (nSPS) is 8.79. The summed E-state index contributed by atoms with van der Waals surface area (Å²) in [5.74, 6) is 1.21. The number of nitrogens with zero attached hydrogens (tertiary/aromatic N) is 1. The predicted molar refractivity (Wildman–Crippen MR) is 50.6 cm³/mol. The average Bonchev–Trinajstić information content (AvgIpc) is 2.18. The summed E-state index contributed by atoms with van der Waals surface area (Å²) in [5.41, 5.74) is 0.210. The van der Waals surface area contributed by atoms with Crippen LogP contribution in [0.5, 0.6) is 0 Å². The van der Waals surface area contributed by atoms with Gasteiger partial charge in [-0.15, -0.1) is 6.42 Å². The number of hydrogen-bond acceptors (Lipinski definition) is 3. The quantitative estimate of drug-likeness (QED) is 0.432. The van der Waals surface area contributed by atoms with Gasteiger partial charge in [-0.1, -0.05) is 6.07 Å². The Balaban J connectivity index is 2.90. The molecule has 1 amide bonds. The van der Waals surface area contributed by atoms with Crippen LogP contribution in [0, 0.1) is 22.5 Å². The molecule has 1 rings (SSSR count). The van der Waals surface area contributed by atoms with E-state index in [0.29, 0.717) is 5.69 Å². The highest BCUT2D eigenvalue weighted by Crippen LogP contribution is 2.16. The van der Waals surface area contributed by atoms with Crippen molar-refractivity contribution in [1.29, 1.82) is 0 Å². The number of anilines is 1. The van der Waals surface area contributed by atoms with Crippen molar-refractivity contribution in [3.63, 3.8) is 0 Å². The molecule has 5 heteroatoms. The van der Waals surface area contributed by atoms with Crippen LogP contribution in [-0.2, 0) is 4.79 Å². The molecule has 0 saturated carbocycles. The summed E-state index contributed by atoms with van der Waals surface area (Å²) in [6.07, 6.45) is 4.82. The first-order valence-corrected chi connectivity index (χ1v) is 3.65. The van der Waals surface area contributed by atoms with Gasteiger partial charge in [0.25, 0.3) is 11.6 Å². The van der Waals surface area contributed by atoms with Gasteiger partial charge in [-0.2, -0.15) is 0 Å². The Morgan fingerprint density at radius 2 is 2.29 bits per heavy atom. The number of terminal acetylenes is 1. The Morgan fingerprint density at radius 3 is 2.86 bits per heavy atom. The van der Waals surface area contributed by atoms with Gasteiger partial charge in [-0.3, -0.25) is 14.9 Å². The van der Waals surface area contributed by atoms with E-state index < -0.39 is 10.8 Å². The Kier molecular flexibility index (Phi) is 2.82. The molecule has 0 aliphatic carbocycles. The zero-order valence-electron chi connectivity index (χ0n) is 7.06. The van der Waals surface area contributed by atoms with Crippen LogP contribution in [0.2, 0.25) is 0 Å². The Hall–Kier alpha value is -2.35. The van der Waals surface area contributed by atoms with Crippen LogP contribution in [0.1, 0.15) is 0 Å². The summed E-state index contributed by atoms with van der Waals surface area (Å²) in [7, 11) is 0. The summed E-state index contributed by atoms with van der Waals surface area (Å²) in [4.78, 5) is 20.6. The predicted octanol–water partition coefficient (Wildman–Crippen LogP) is 1.17. The van der Waals surface area contributed by atoms with Crippen LogP contribution >= 0.6 is 0 Å². The molecular weight excluding hydrogens is 184 g/mol. The molecule has 0 saturated heterocycles. The second-order valence-electron chi connectivity index (χ2n) is 2.41. The van der Waals surface area contributed by atoms with Gasteiger partial charge in [-0.25, -0.2) is 0 Å². The first-order valence-electron chi connectivity index (χ1n) is 3.65. The number of rotatable bonds is 2. The van der Waals surface area contributed by atoms with Gasteiger partial charge in [0, 0.05) is 17.8 Å². The van der Waals surface area contributed by atoms with E-state index in [1.54, 1.807) is 0 Å². The van der Waals surface area contributed by atoms with Gasteiger partial charge >= 0.3 is 0 Å². The van der Waals surface area contributed by atoms with Crippen molar-refractivity contribution in [2.24, 2.45) is 0 Å². The van der Waals surface area contributed by atoms with Crippen LogP contribution in [-0.4, -0.2) is 10.8 Å². The highest BCUT2D eigenvalue weighted by atomic mass is 16.6. The number of non-ortho nitro benzene ring substituents is 1. The van der Waals surface area contributed by atoms with Crippen molar-refractivity contribution in [3.05, 3.63) is 34.4 Å². The number of nitro benzene ring substituents is 1. The van der Waals surface area contributed by atoms with Gasteiger partial charge in [0.05, 0.1) is 4.92 Å². The zero-order chi connectivity index (χ0) is 10.6. The second-order valence-corrected chi connectivity index (χ2v) is 2.41. The minimum atomic E-state index is -0.634. The van der Waals surface area contributed by atoms with Crippen molar-refractivity contribution in [1.82, 2.24) is 0 Å². The number of nitrogens with one attached hydrogen (secondary N) is 1. The maximum atomic E-state index is 10.7. The molecule has 0 aliphatic heterocycles. The summed E-state index contributed by atoms with van der Waals surface area (Å²) in [5, 5.41) is 12.7. The van der Waals surface area contributed by atoms with Crippen LogP contribution in [0.15, 0.2) is 24.3 Å². The zero-order valence-corrected chi connectivity index (χ0v) is 7.06. The van der Waals surface area contributed by atoms with Crippen molar-refractivity contribution < 1.29 is 9.72 Å². The van der Waals surface area contributed by atoms with E-state index >= 15 is 0 Å². The lowest BCUT2D eigenvalue weighted by Gasteiger charge is -1.99. The molecule has 0 unspecified atom stereocenters. The fourth-order valence-electron chi connectivity index (χ4n) is 0.864. The van der Waals surface area contributed by atoms with E-state index in [9.17, 15) is 14.9 Å². The van der Waals surface area contributed by atoms with Crippen LogP contribution in [0.3, 0.4) is 0 Å². The van der Waals surface area contributed by atoms with Crippen molar-refractivity contribution in [2.75, 3.05) is 5.32 Å². The highest BCUT2D eigenvalue weighted by molar-refractivity contribution is 6.03. The molecule has 0 heterocycles. The lowest BCUT2D eigenvalue weighted by molar-refractivity contribution is -0.384. The minimum absolute atomic E-state index is 0.0974. The molecule has 0 fully saturated rings. The van der Waals surface area contributed by atoms with E-state index in [4.69, 9.17) is 6.42 Å². The van der Waals surface area contributed by atoms with Gasteiger partial charge in [0.15, 0.2) is 0 Å². The van der Waals surface area contributed by atoms with Crippen LogP contribution in [0.4, 0.5) is 11.4 Å². The number of benzene rings is 1. The standard InChI is InChI=1S/C9H6N2O3/c1-2-9(12)10-7-4-3-5-8(6-7)11(13)14/h1,3-6H,(H,10,12). The second kappa shape index (κ2) is 4.05. The molecule has 0 aromatic heterocycles. The van der Waals surface area contributed by atoms with Gasteiger partial charge < -0.3 is 5.32 Å². The maximum absolute atomic E-state index is 10.7. The number of hydrogen-bond donors (Lipinski definition) is 1.